The second-order valence-corrected chi connectivity index (χ2v) is 8.89. The molecule has 35 heavy (non-hydrogen) atoms. The quantitative estimate of drug-likeness (QED) is 0.477. The van der Waals surface area contributed by atoms with Crippen LogP contribution in [0, 0.1) is 11.3 Å². The molecule has 0 aliphatic carbocycles. The highest BCUT2D eigenvalue weighted by Gasteiger charge is 2.41. The Hall–Kier alpha value is -4.02. The first-order valence-electron chi connectivity index (χ1n) is 11.1. The highest BCUT2D eigenvalue weighted by atomic mass is 35.5. The summed E-state index contributed by atoms with van der Waals surface area (Å²) in [6.07, 6.45) is 0.992. The van der Waals surface area contributed by atoms with Crippen molar-refractivity contribution in [2.24, 2.45) is 0 Å². The third-order valence-corrected chi connectivity index (χ3v) is 6.34. The lowest BCUT2D eigenvalue weighted by atomic mass is 9.77. The summed E-state index contributed by atoms with van der Waals surface area (Å²) in [5, 5.41) is 22.9. The number of nitriles is 1. The number of ether oxygens (including phenoxy) is 2. The molecule has 0 spiro atoms. The van der Waals surface area contributed by atoms with Gasteiger partial charge in [-0.25, -0.2) is 0 Å². The molecule has 0 saturated heterocycles. The van der Waals surface area contributed by atoms with Crippen LogP contribution in [0.3, 0.4) is 0 Å². The SMILES string of the molecule is CC1(C(=O)O)CCOc2cc(Oc3ccc(C(=O)NCCc4ccc(Cl)cc4)cc3)c(C#N)cc21. The van der Waals surface area contributed by atoms with Gasteiger partial charge in [-0.3, -0.25) is 9.59 Å². The van der Waals surface area contributed by atoms with E-state index in [-0.39, 0.29) is 23.8 Å². The summed E-state index contributed by atoms with van der Waals surface area (Å²) < 4.78 is 11.5. The smallest absolute Gasteiger partial charge is 0.314 e. The first kappa shape index (κ1) is 24.1. The van der Waals surface area contributed by atoms with Crippen LogP contribution in [0.1, 0.15) is 40.4 Å². The van der Waals surface area contributed by atoms with E-state index in [0.717, 1.165) is 5.56 Å². The van der Waals surface area contributed by atoms with E-state index in [1.54, 1.807) is 37.3 Å². The molecule has 1 atom stereocenters. The molecular weight excluding hydrogens is 468 g/mol. The lowest BCUT2D eigenvalue weighted by Crippen LogP contribution is -2.37. The molecule has 0 aromatic heterocycles. The molecule has 3 aromatic carbocycles. The van der Waals surface area contributed by atoms with Crippen molar-refractivity contribution in [2.75, 3.05) is 13.2 Å². The lowest BCUT2D eigenvalue weighted by molar-refractivity contribution is -0.144. The number of carboxylic acids is 1. The van der Waals surface area contributed by atoms with E-state index in [0.29, 0.717) is 47.0 Å². The zero-order valence-corrected chi connectivity index (χ0v) is 19.8. The van der Waals surface area contributed by atoms with E-state index in [1.165, 1.54) is 6.07 Å². The van der Waals surface area contributed by atoms with Crippen molar-refractivity contribution in [3.8, 4) is 23.3 Å². The number of carboxylic acid groups (broad SMARTS) is 1. The van der Waals surface area contributed by atoms with Crippen molar-refractivity contribution in [3.63, 3.8) is 0 Å². The van der Waals surface area contributed by atoms with Crippen molar-refractivity contribution < 1.29 is 24.2 Å². The van der Waals surface area contributed by atoms with Gasteiger partial charge in [-0.2, -0.15) is 5.26 Å². The maximum Gasteiger partial charge on any atom is 0.314 e. The zero-order valence-electron chi connectivity index (χ0n) is 19.0. The Morgan fingerprint density at radius 1 is 1.17 bits per heavy atom. The van der Waals surface area contributed by atoms with Crippen LogP contribution < -0.4 is 14.8 Å². The average molecular weight is 491 g/mol. The molecule has 0 radical (unpaired) electrons. The molecule has 4 rings (SSSR count). The fourth-order valence-corrected chi connectivity index (χ4v) is 4.01. The molecule has 3 aromatic rings. The predicted octanol–water partition coefficient (Wildman–Crippen LogP) is 5.10. The number of nitrogens with one attached hydrogen (secondary N) is 1. The minimum atomic E-state index is -1.14. The van der Waals surface area contributed by atoms with Gasteiger partial charge in [-0.05, 0) is 61.4 Å². The van der Waals surface area contributed by atoms with Gasteiger partial charge in [0.1, 0.15) is 23.3 Å². The summed E-state index contributed by atoms with van der Waals surface area (Å²) >= 11 is 5.89. The maximum absolute atomic E-state index is 12.5. The molecule has 2 N–H and O–H groups in total. The fourth-order valence-electron chi connectivity index (χ4n) is 3.88. The number of hydrogen-bond acceptors (Lipinski definition) is 5. The molecule has 0 saturated carbocycles. The summed E-state index contributed by atoms with van der Waals surface area (Å²) in [6, 6.07) is 19.1. The first-order chi connectivity index (χ1) is 16.8. The summed E-state index contributed by atoms with van der Waals surface area (Å²) in [5.41, 5.74) is 1.06. The minimum Gasteiger partial charge on any atom is -0.493 e. The van der Waals surface area contributed by atoms with E-state index < -0.39 is 11.4 Å². The Labute approximate surface area is 207 Å². The van der Waals surface area contributed by atoms with Gasteiger partial charge in [0.2, 0.25) is 0 Å². The number of fused-ring (bicyclic) bond motifs is 1. The summed E-state index contributed by atoms with van der Waals surface area (Å²) in [7, 11) is 0. The molecule has 1 aliphatic heterocycles. The van der Waals surface area contributed by atoms with Crippen LogP contribution in [-0.4, -0.2) is 30.1 Å². The molecule has 1 amide bonds. The highest BCUT2D eigenvalue weighted by molar-refractivity contribution is 6.30. The Morgan fingerprint density at radius 3 is 2.54 bits per heavy atom. The average Bonchev–Trinajstić information content (AvgIpc) is 2.85. The fraction of sp³-hybridized carbons (Fsp3) is 0.222. The second kappa shape index (κ2) is 10.1. The van der Waals surface area contributed by atoms with Gasteiger partial charge >= 0.3 is 5.97 Å². The van der Waals surface area contributed by atoms with Gasteiger partial charge in [0.25, 0.3) is 5.91 Å². The number of halogens is 1. The van der Waals surface area contributed by atoms with Crippen LogP contribution in [-0.2, 0) is 16.6 Å². The lowest BCUT2D eigenvalue weighted by Gasteiger charge is -2.32. The third kappa shape index (κ3) is 5.23. The monoisotopic (exact) mass is 490 g/mol. The van der Waals surface area contributed by atoms with Gasteiger partial charge in [0, 0.05) is 35.2 Å². The second-order valence-electron chi connectivity index (χ2n) is 8.45. The molecule has 8 heteroatoms. The largest absolute Gasteiger partial charge is 0.493 e. The van der Waals surface area contributed by atoms with Crippen LogP contribution in [0.5, 0.6) is 17.2 Å². The van der Waals surface area contributed by atoms with Gasteiger partial charge in [0.15, 0.2) is 0 Å². The molecule has 0 bridgehead atoms. The Bertz CT molecular complexity index is 1300. The minimum absolute atomic E-state index is 0.200. The predicted molar refractivity (Wildman–Crippen MR) is 130 cm³/mol. The number of carbonyl (C=O) groups is 2. The number of benzene rings is 3. The number of hydrogen-bond donors (Lipinski definition) is 2. The number of carbonyl (C=O) groups excluding carboxylic acids is 1. The molecule has 1 heterocycles. The van der Waals surface area contributed by atoms with Crippen molar-refractivity contribution in [3.05, 3.63) is 87.9 Å². The highest BCUT2D eigenvalue weighted by Crippen LogP contribution is 2.43. The first-order valence-corrected chi connectivity index (χ1v) is 11.4. The van der Waals surface area contributed by atoms with Gasteiger partial charge < -0.3 is 19.9 Å². The van der Waals surface area contributed by atoms with Gasteiger partial charge in [0.05, 0.1) is 17.6 Å². The van der Waals surface area contributed by atoms with Crippen molar-refractivity contribution in [1.82, 2.24) is 5.32 Å². The van der Waals surface area contributed by atoms with Crippen LogP contribution in [0.2, 0.25) is 5.02 Å². The molecule has 1 unspecified atom stereocenters. The number of aliphatic carboxylic acids is 1. The van der Waals surface area contributed by atoms with E-state index in [9.17, 15) is 20.0 Å². The molecule has 0 fully saturated rings. The van der Waals surface area contributed by atoms with Gasteiger partial charge in [-0.1, -0.05) is 23.7 Å². The standard InChI is InChI=1S/C27H23ClN2O5/c1-27(26(32)33)11-13-34-24-15-23(19(16-29)14-22(24)27)35-21-8-4-18(5-9-21)25(31)30-12-10-17-2-6-20(28)7-3-17/h2-9,14-15H,10-13H2,1H3,(H,30,31)(H,32,33). The Balaban J connectivity index is 1.44. The van der Waals surface area contributed by atoms with Crippen LogP contribution in [0.25, 0.3) is 0 Å². The van der Waals surface area contributed by atoms with E-state index in [4.69, 9.17) is 21.1 Å². The Kier molecular flexibility index (Phi) is 6.94. The van der Waals surface area contributed by atoms with Crippen LogP contribution in [0.4, 0.5) is 0 Å². The normalized spacial score (nSPS) is 16.4. The maximum atomic E-state index is 12.5. The summed E-state index contributed by atoms with van der Waals surface area (Å²) in [5.74, 6) is -0.121. The van der Waals surface area contributed by atoms with Crippen LogP contribution >= 0.6 is 11.6 Å². The molecular formula is C27H23ClN2O5. The van der Waals surface area contributed by atoms with Crippen molar-refractivity contribution >= 4 is 23.5 Å². The van der Waals surface area contributed by atoms with E-state index in [2.05, 4.69) is 11.4 Å². The third-order valence-electron chi connectivity index (χ3n) is 6.09. The number of nitrogens with zero attached hydrogens (tertiary/aromatic N) is 1. The van der Waals surface area contributed by atoms with Gasteiger partial charge in [-0.15, -0.1) is 0 Å². The zero-order chi connectivity index (χ0) is 25.0. The van der Waals surface area contributed by atoms with Crippen molar-refractivity contribution in [1.29, 1.82) is 5.26 Å². The van der Waals surface area contributed by atoms with Crippen LogP contribution in [0.15, 0.2) is 60.7 Å². The number of amides is 1. The Morgan fingerprint density at radius 2 is 1.89 bits per heavy atom. The van der Waals surface area contributed by atoms with E-state index in [1.807, 2.05) is 24.3 Å². The summed E-state index contributed by atoms with van der Waals surface area (Å²) in [4.78, 5) is 24.3. The van der Waals surface area contributed by atoms with Crippen molar-refractivity contribution in [2.45, 2.75) is 25.2 Å². The molecule has 178 valence electrons. The summed E-state index contributed by atoms with van der Waals surface area (Å²) in [6.45, 7) is 2.36. The number of rotatable bonds is 7. The topological polar surface area (TPSA) is 109 Å². The van der Waals surface area contributed by atoms with E-state index >= 15 is 0 Å². The molecule has 7 nitrogen and oxygen atoms in total. The molecule has 1 aliphatic rings.